The number of carbonyl (C=O) groups is 1. The van der Waals surface area contributed by atoms with Crippen LogP contribution < -0.4 is 11.1 Å². The molecule has 0 amide bonds. The molecule has 3 heterocycles. The van der Waals surface area contributed by atoms with Crippen LogP contribution in [0.1, 0.15) is 49.9 Å². The molecule has 0 bridgehead atoms. The van der Waals surface area contributed by atoms with E-state index in [9.17, 15) is 4.79 Å². The Morgan fingerprint density at radius 2 is 1.79 bits per heavy atom. The SMILES string of the molecule is CC.CN.O=C(O)c1ccc(-c2cc(NCCCN3CCCCC3)c3cnccc3n2)cc1. The largest absolute Gasteiger partial charge is 0.478 e. The molecule has 2 aromatic heterocycles. The molecule has 0 saturated carbocycles. The zero-order valence-electron chi connectivity index (χ0n) is 20.1. The number of nitrogens with one attached hydrogen (secondary N) is 1. The predicted molar refractivity (Wildman–Crippen MR) is 137 cm³/mol. The van der Waals surface area contributed by atoms with Crippen LogP contribution in [-0.2, 0) is 0 Å². The standard InChI is InChI=1S/C23H26N4O2.C2H6.CH5N/c28-23(29)18-7-5-17(6-8-18)21-15-22(19-16-24-11-9-20(19)26-21)25-10-4-14-27-12-2-1-3-13-27;2*1-2/h5-9,11,15-16H,1-4,10,12-14H2,(H,25,26)(H,28,29);1-2H3;2H2,1H3. The van der Waals surface area contributed by atoms with Gasteiger partial charge in [-0.1, -0.05) is 32.4 Å². The first-order valence-electron chi connectivity index (χ1n) is 11.8. The number of benzene rings is 1. The average Bonchev–Trinajstić information content (AvgIpc) is 2.89. The van der Waals surface area contributed by atoms with Crippen LogP contribution in [0.25, 0.3) is 22.2 Å². The van der Waals surface area contributed by atoms with Gasteiger partial charge >= 0.3 is 5.97 Å². The van der Waals surface area contributed by atoms with Crippen LogP contribution in [0.2, 0.25) is 0 Å². The summed E-state index contributed by atoms with van der Waals surface area (Å²) in [6, 6.07) is 10.8. The van der Waals surface area contributed by atoms with Gasteiger partial charge in [-0.25, -0.2) is 9.78 Å². The lowest BCUT2D eigenvalue weighted by molar-refractivity contribution is 0.0697. The van der Waals surface area contributed by atoms with Crippen LogP contribution in [0.5, 0.6) is 0 Å². The molecular weight excluding hydrogens is 414 g/mol. The van der Waals surface area contributed by atoms with Crippen molar-refractivity contribution in [2.75, 3.05) is 38.5 Å². The first kappa shape index (κ1) is 26.2. The van der Waals surface area contributed by atoms with Gasteiger partial charge in [0.25, 0.3) is 0 Å². The number of carboxylic acids is 1. The lowest BCUT2D eigenvalue weighted by Gasteiger charge is -2.26. The number of aromatic nitrogens is 2. The zero-order chi connectivity index (χ0) is 24.1. The van der Waals surface area contributed by atoms with E-state index in [4.69, 9.17) is 10.1 Å². The number of hydrogen-bond donors (Lipinski definition) is 3. The van der Waals surface area contributed by atoms with Gasteiger partial charge in [-0.2, -0.15) is 0 Å². The average molecular weight is 452 g/mol. The zero-order valence-corrected chi connectivity index (χ0v) is 20.1. The fraction of sp³-hybridized carbons (Fsp3) is 0.423. The second-order valence-electron chi connectivity index (χ2n) is 7.51. The molecular formula is C26H37N5O2. The van der Waals surface area contributed by atoms with Crippen LogP contribution in [0.4, 0.5) is 5.69 Å². The van der Waals surface area contributed by atoms with Crippen LogP contribution in [0.3, 0.4) is 0 Å². The molecule has 0 atom stereocenters. The van der Waals surface area contributed by atoms with Crippen molar-refractivity contribution >= 4 is 22.6 Å². The minimum Gasteiger partial charge on any atom is -0.478 e. The summed E-state index contributed by atoms with van der Waals surface area (Å²) < 4.78 is 0. The number of aromatic carboxylic acids is 1. The Labute approximate surface area is 197 Å². The molecule has 1 fully saturated rings. The number of carboxylic acid groups (broad SMARTS) is 1. The molecule has 7 heteroatoms. The van der Waals surface area contributed by atoms with Crippen molar-refractivity contribution in [2.24, 2.45) is 5.73 Å². The van der Waals surface area contributed by atoms with E-state index in [1.54, 1.807) is 30.5 Å². The number of anilines is 1. The van der Waals surface area contributed by atoms with Crippen LogP contribution >= 0.6 is 0 Å². The summed E-state index contributed by atoms with van der Waals surface area (Å²) in [7, 11) is 1.50. The molecule has 0 spiro atoms. The summed E-state index contributed by atoms with van der Waals surface area (Å²) in [6.07, 6.45) is 8.67. The lowest BCUT2D eigenvalue weighted by atomic mass is 10.1. The number of nitrogens with zero attached hydrogens (tertiary/aromatic N) is 3. The third kappa shape index (κ3) is 7.51. The minimum atomic E-state index is -0.926. The maximum Gasteiger partial charge on any atom is 0.335 e. The number of rotatable bonds is 7. The molecule has 0 aliphatic carbocycles. The van der Waals surface area contributed by atoms with Gasteiger partial charge in [0.1, 0.15) is 0 Å². The summed E-state index contributed by atoms with van der Waals surface area (Å²) in [4.78, 5) is 22.7. The van der Waals surface area contributed by atoms with Gasteiger partial charge in [0, 0.05) is 35.6 Å². The second kappa shape index (κ2) is 14.2. The number of fused-ring (bicyclic) bond motifs is 1. The first-order valence-corrected chi connectivity index (χ1v) is 11.8. The first-order chi connectivity index (χ1) is 16.2. The Morgan fingerprint density at radius 1 is 1.09 bits per heavy atom. The van der Waals surface area contributed by atoms with E-state index < -0.39 is 5.97 Å². The fourth-order valence-corrected chi connectivity index (χ4v) is 3.86. The number of nitrogens with two attached hydrogens (primary N) is 1. The summed E-state index contributed by atoms with van der Waals surface area (Å²) in [5.74, 6) is -0.926. The third-order valence-electron chi connectivity index (χ3n) is 5.45. The van der Waals surface area contributed by atoms with Gasteiger partial charge in [-0.3, -0.25) is 4.98 Å². The highest BCUT2D eigenvalue weighted by Crippen LogP contribution is 2.28. The Balaban J connectivity index is 0.000000914. The molecule has 178 valence electrons. The monoisotopic (exact) mass is 451 g/mol. The quantitative estimate of drug-likeness (QED) is 0.440. The van der Waals surface area contributed by atoms with E-state index >= 15 is 0 Å². The summed E-state index contributed by atoms with van der Waals surface area (Å²) in [5, 5.41) is 13.7. The number of pyridine rings is 2. The number of piperidine rings is 1. The third-order valence-corrected chi connectivity index (χ3v) is 5.45. The highest BCUT2D eigenvalue weighted by molar-refractivity contribution is 5.93. The molecule has 4 rings (SSSR count). The molecule has 1 aliphatic rings. The van der Waals surface area contributed by atoms with Crippen molar-refractivity contribution in [2.45, 2.75) is 39.5 Å². The topological polar surface area (TPSA) is 104 Å². The normalized spacial score (nSPS) is 13.3. The van der Waals surface area contributed by atoms with E-state index in [2.05, 4.69) is 20.9 Å². The van der Waals surface area contributed by atoms with Crippen molar-refractivity contribution in [1.29, 1.82) is 0 Å². The molecule has 7 nitrogen and oxygen atoms in total. The minimum absolute atomic E-state index is 0.273. The molecule has 0 radical (unpaired) electrons. The van der Waals surface area contributed by atoms with E-state index in [0.29, 0.717) is 0 Å². The molecule has 4 N–H and O–H groups in total. The smallest absolute Gasteiger partial charge is 0.335 e. The van der Waals surface area contributed by atoms with Gasteiger partial charge in [-0.15, -0.1) is 0 Å². The summed E-state index contributed by atoms with van der Waals surface area (Å²) in [5.41, 5.74) is 8.37. The molecule has 1 aromatic carbocycles. The van der Waals surface area contributed by atoms with Crippen LogP contribution in [0.15, 0.2) is 48.8 Å². The second-order valence-corrected chi connectivity index (χ2v) is 7.51. The van der Waals surface area contributed by atoms with E-state index in [1.807, 2.05) is 32.2 Å². The molecule has 3 aromatic rings. The molecule has 1 saturated heterocycles. The molecule has 1 aliphatic heterocycles. The van der Waals surface area contributed by atoms with E-state index in [0.717, 1.165) is 47.4 Å². The fourth-order valence-electron chi connectivity index (χ4n) is 3.86. The van der Waals surface area contributed by atoms with E-state index in [1.165, 1.54) is 39.4 Å². The van der Waals surface area contributed by atoms with Crippen molar-refractivity contribution in [3.8, 4) is 11.3 Å². The van der Waals surface area contributed by atoms with Crippen LogP contribution in [0, 0.1) is 0 Å². The van der Waals surface area contributed by atoms with Gasteiger partial charge in [-0.05, 0) is 70.2 Å². The highest BCUT2D eigenvalue weighted by Gasteiger charge is 2.11. The molecule has 0 unspecified atom stereocenters. The maximum atomic E-state index is 11.1. The van der Waals surface area contributed by atoms with Crippen molar-refractivity contribution in [1.82, 2.24) is 14.9 Å². The Bertz CT molecular complexity index is 986. The van der Waals surface area contributed by atoms with Crippen LogP contribution in [-0.4, -0.2) is 59.2 Å². The Hall–Kier alpha value is -3.03. The Kier molecular flexibility index (Phi) is 11.3. The lowest BCUT2D eigenvalue weighted by Crippen LogP contribution is -2.31. The van der Waals surface area contributed by atoms with Crippen molar-refractivity contribution in [3.63, 3.8) is 0 Å². The highest BCUT2D eigenvalue weighted by atomic mass is 16.4. The van der Waals surface area contributed by atoms with Gasteiger partial charge < -0.3 is 21.1 Å². The molecule has 33 heavy (non-hydrogen) atoms. The summed E-state index contributed by atoms with van der Waals surface area (Å²) >= 11 is 0. The van der Waals surface area contributed by atoms with E-state index in [-0.39, 0.29) is 5.56 Å². The van der Waals surface area contributed by atoms with Gasteiger partial charge in [0.15, 0.2) is 0 Å². The van der Waals surface area contributed by atoms with Gasteiger partial charge in [0.05, 0.1) is 16.8 Å². The number of likely N-dealkylation sites (tertiary alicyclic amines) is 1. The Morgan fingerprint density at radius 3 is 2.45 bits per heavy atom. The number of hydrogen-bond acceptors (Lipinski definition) is 6. The van der Waals surface area contributed by atoms with Gasteiger partial charge in [0.2, 0.25) is 0 Å². The van der Waals surface area contributed by atoms with Crippen molar-refractivity contribution < 1.29 is 9.90 Å². The maximum absolute atomic E-state index is 11.1. The predicted octanol–water partition coefficient (Wildman–Crippen LogP) is 4.88. The summed E-state index contributed by atoms with van der Waals surface area (Å²) in [6.45, 7) is 8.46. The van der Waals surface area contributed by atoms with Crippen molar-refractivity contribution in [3.05, 3.63) is 54.4 Å².